The van der Waals surface area contributed by atoms with Crippen molar-refractivity contribution in [3.63, 3.8) is 0 Å². The van der Waals surface area contributed by atoms with E-state index in [9.17, 15) is 0 Å². The Kier molecular flexibility index (Phi) is 3.51. The molecule has 2 aromatic heterocycles. The summed E-state index contributed by atoms with van der Waals surface area (Å²) in [6, 6.07) is 16.4. The number of hydrogen-bond acceptors (Lipinski definition) is 1. The molecule has 1 aliphatic carbocycles. The Bertz CT molecular complexity index is 1050. The fourth-order valence-electron chi connectivity index (χ4n) is 3.87. The minimum absolute atomic E-state index is 0. The van der Waals surface area contributed by atoms with Crippen LogP contribution in [0.15, 0.2) is 36.4 Å². The first-order valence-corrected chi connectivity index (χ1v) is 8.06. The first kappa shape index (κ1) is 14.9. The molecular formula is C20H17IrN2-. The SMILES string of the molecule is Cc1ccc2c3ccc[c-]c3c3nc4c(n3c2c1)CCCC4.[Ir]. The third kappa shape index (κ3) is 2.07. The van der Waals surface area contributed by atoms with Crippen molar-refractivity contribution in [2.45, 2.75) is 32.6 Å². The minimum atomic E-state index is 0. The number of hydrogen-bond donors (Lipinski definition) is 0. The Morgan fingerprint density at radius 2 is 1.96 bits per heavy atom. The fourth-order valence-corrected chi connectivity index (χ4v) is 3.87. The van der Waals surface area contributed by atoms with Gasteiger partial charge in [0.15, 0.2) is 0 Å². The number of pyridine rings is 1. The minimum Gasteiger partial charge on any atom is -0.337 e. The first-order chi connectivity index (χ1) is 10.8. The molecule has 1 radical (unpaired) electrons. The molecule has 0 fully saturated rings. The summed E-state index contributed by atoms with van der Waals surface area (Å²) in [4.78, 5) is 4.99. The maximum Gasteiger partial charge on any atom is 0.0614 e. The van der Waals surface area contributed by atoms with E-state index in [1.807, 2.05) is 6.07 Å². The van der Waals surface area contributed by atoms with Gasteiger partial charge in [0.1, 0.15) is 0 Å². The molecule has 2 aromatic carbocycles. The fraction of sp³-hybridized carbons (Fsp3) is 0.250. The van der Waals surface area contributed by atoms with Gasteiger partial charge < -0.3 is 4.40 Å². The van der Waals surface area contributed by atoms with Gasteiger partial charge in [0.05, 0.1) is 11.3 Å². The van der Waals surface area contributed by atoms with Crippen molar-refractivity contribution in [3.8, 4) is 0 Å². The molecule has 23 heavy (non-hydrogen) atoms. The number of aryl methyl sites for hydroxylation is 3. The van der Waals surface area contributed by atoms with Crippen LogP contribution in [0.4, 0.5) is 0 Å². The molecular weight excluding hydrogens is 460 g/mol. The Labute approximate surface area is 148 Å². The van der Waals surface area contributed by atoms with Gasteiger partial charge in [-0.1, -0.05) is 17.5 Å². The number of imidazole rings is 1. The summed E-state index contributed by atoms with van der Waals surface area (Å²) in [7, 11) is 0. The number of nitrogens with zero attached hydrogens (tertiary/aromatic N) is 2. The molecule has 0 spiro atoms. The van der Waals surface area contributed by atoms with Crippen molar-refractivity contribution >= 4 is 27.3 Å². The number of fused-ring (bicyclic) bond motifs is 8. The van der Waals surface area contributed by atoms with E-state index in [1.165, 1.54) is 46.1 Å². The van der Waals surface area contributed by atoms with Gasteiger partial charge in [0, 0.05) is 31.3 Å². The summed E-state index contributed by atoms with van der Waals surface area (Å²) in [5.74, 6) is 0. The number of benzene rings is 2. The third-order valence-electron chi connectivity index (χ3n) is 4.90. The topological polar surface area (TPSA) is 17.3 Å². The van der Waals surface area contributed by atoms with E-state index in [0.29, 0.717) is 0 Å². The van der Waals surface area contributed by atoms with Crippen LogP contribution < -0.4 is 0 Å². The van der Waals surface area contributed by atoms with Crippen molar-refractivity contribution in [1.82, 2.24) is 9.38 Å². The molecule has 1 aliphatic rings. The second kappa shape index (κ2) is 5.43. The maximum absolute atomic E-state index is 4.99. The predicted molar refractivity (Wildman–Crippen MR) is 90.4 cm³/mol. The van der Waals surface area contributed by atoms with E-state index in [0.717, 1.165) is 23.9 Å². The molecule has 0 saturated heterocycles. The molecule has 2 heterocycles. The molecule has 0 atom stereocenters. The van der Waals surface area contributed by atoms with Crippen LogP contribution in [0.3, 0.4) is 0 Å². The summed E-state index contributed by atoms with van der Waals surface area (Å²) in [6.45, 7) is 2.16. The Morgan fingerprint density at radius 1 is 1.09 bits per heavy atom. The van der Waals surface area contributed by atoms with Crippen molar-refractivity contribution in [2.24, 2.45) is 0 Å². The second-order valence-electron chi connectivity index (χ2n) is 6.35. The van der Waals surface area contributed by atoms with Gasteiger partial charge in [-0.2, -0.15) is 0 Å². The number of aromatic nitrogens is 2. The van der Waals surface area contributed by atoms with Crippen molar-refractivity contribution < 1.29 is 20.1 Å². The van der Waals surface area contributed by atoms with E-state index in [4.69, 9.17) is 4.98 Å². The van der Waals surface area contributed by atoms with E-state index >= 15 is 0 Å². The average Bonchev–Trinajstić information content (AvgIpc) is 2.95. The van der Waals surface area contributed by atoms with Crippen LogP contribution in [0.1, 0.15) is 29.8 Å². The molecule has 3 heteroatoms. The van der Waals surface area contributed by atoms with E-state index < -0.39 is 0 Å². The monoisotopic (exact) mass is 478 g/mol. The van der Waals surface area contributed by atoms with Crippen LogP contribution in [0.5, 0.6) is 0 Å². The van der Waals surface area contributed by atoms with Crippen LogP contribution in [0, 0.1) is 13.0 Å². The molecule has 5 rings (SSSR count). The van der Waals surface area contributed by atoms with Crippen molar-refractivity contribution in [1.29, 1.82) is 0 Å². The normalized spacial score (nSPS) is 14.1. The van der Waals surface area contributed by atoms with E-state index in [-0.39, 0.29) is 20.1 Å². The summed E-state index contributed by atoms with van der Waals surface area (Å²) in [6.07, 6.45) is 4.77. The van der Waals surface area contributed by atoms with Gasteiger partial charge in [-0.25, -0.2) is 0 Å². The van der Waals surface area contributed by atoms with Crippen LogP contribution in [-0.2, 0) is 32.9 Å². The Balaban J connectivity index is 0.00000135. The zero-order valence-electron chi connectivity index (χ0n) is 13.0. The van der Waals surface area contributed by atoms with Crippen LogP contribution in [0.2, 0.25) is 0 Å². The van der Waals surface area contributed by atoms with Crippen LogP contribution >= 0.6 is 0 Å². The van der Waals surface area contributed by atoms with Gasteiger partial charge in [0.2, 0.25) is 0 Å². The number of rotatable bonds is 0. The largest absolute Gasteiger partial charge is 0.337 e. The van der Waals surface area contributed by atoms with Crippen molar-refractivity contribution in [3.05, 3.63) is 59.4 Å². The summed E-state index contributed by atoms with van der Waals surface area (Å²) in [5, 5.41) is 3.70. The molecule has 0 N–H and O–H groups in total. The van der Waals surface area contributed by atoms with Crippen LogP contribution in [-0.4, -0.2) is 9.38 Å². The van der Waals surface area contributed by atoms with Gasteiger partial charge in [0.25, 0.3) is 0 Å². The van der Waals surface area contributed by atoms with Gasteiger partial charge in [-0.3, -0.25) is 4.98 Å². The zero-order valence-corrected chi connectivity index (χ0v) is 15.4. The zero-order chi connectivity index (χ0) is 14.7. The molecule has 117 valence electrons. The predicted octanol–water partition coefficient (Wildman–Crippen LogP) is 4.63. The Morgan fingerprint density at radius 3 is 2.87 bits per heavy atom. The molecule has 0 saturated carbocycles. The molecule has 0 bridgehead atoms. The quantitative estimate of drug-likeness (QED) is 0.267. The van der Waals surface area contributed by atoms with Gasteiger partial charge in [-0.05, 0) is 49.6 Å². The standard InChI is InChI=1S/C20H17N2.Ir/c1-13-10-11-15-14-6-2-3-7-16(14)20-21-17-8-4-5-9-18(17)22(20)19(15)12-13;/h2-3,6,10-12H,4-5,8-9H2,1H3;/q-1;. The molecule has 0 aliphatic heterocycles. The van der Waals surface area contributed by atoms with Gasteiger partial charge >= 0.3 is 0 Å². The summed E-state index contributed by atoms with van der Waals surface area (Å²) >= 11 is 0. The van der Waals surface area contributed by atoms with E-state index in [2.05, 4.69) is 47.7 Å². The van der Waals surface area contributed by atoms with Crippen LogP contribution in [0.25, 0.3) is 27.3 Å². The third-order valence-corrected chi connectivity index (χ3v) is 4.90. The summed E-state index contributed by atoms with van der Waals surface area (Å²) in [5.41, 5.74) is 6.37. The molecule has 0 amide bonds. The first-order valence-electron chi connectivity index (χ1n) is 8.06. The smallest absolute Gasteiger partial charge is 0.0614 e. The molecule has 2 nitrogen and oxygen atoms in total. The summed E-state index contributed by atoms with van der Waals surface area (Å²) < 4.78 is 2.40. The second-order valence-corrected chi connectivity index (χ2v) is 6.35. The van der Waals surface area contributed by atoms with Gasteiger partial charge in [-0.15, -0.1) is 29.7 Å². The van der Waals surface area contributed by atoms with Crippen molar-refractivity contribution in [2.75, 3.05) is 0 Å². The maximum atomic E-state index is 4.99. The van der Waals surface area contributed by atoms with E-state index in [1.54, 1.807) is 0 Å². The molecule has 4 aromatic rings. The Hall–Kier alpha value is -1.70. The average molecular weight is 478 g/mol. The molecule has 0 unspecified atom stereocenters.